The van der Waals surface area contributed by atoms with E-state index in [0.717, 1.165) is 12.3 Å². The van der Waals surface area contributed by atoms with Crippen LogP contribution in [0.2, 0.25) is 5.02 Å². The van der Waals surface area contributed by atoms with Gasteiger partial charge < -0.3 is 10.6 Å². The number of amides is 2. The van der Waals surface area contributed by atoms with E-state index in [0.29, 0.717) is 4.68 Å². The van der Waals surface area contributed by atoms with Crippen LogP contribution in [0.1, 0.15) is 16.1 Å². The second-order valence-corrected chi connectivity index (χ2v) is 6.46. The summed E-state index contributed by atoms with van der Waals surface area (Å²) >= 11 is 5.97. The van der Waals surface area contributed by atoms with E-state index in [1.165, 1.54) is 30.3 Å². The van der Waals surface area contributed by atoms with E-state index in [1.54, 1.807) is 18.2 Å². The molecule has 0 radical (unpaired) electrons. The number of carbonyl (C=O) groups is 2. The molecule has 0 atom stereocenters. The number of hydrogen-bond acceptors (Lipinski definition) is 3. The third-order valence-electron chi connectivity index (χ3n) is 3.89. The molecule has 154 valence electrons. The topological polar surface area (TPSA) is 76.0 Å². The number of anilines is 2. The predicted octanol–water partition coefficient (Wildman–Crippen LogP) is 4.92. The normalized spacial score (nSPS) is 11.1. The molecular formula is C20H14ClF3N4O2. The number of para-hydroxylation sites is 1. The quantitative estimate of drug-likeness (QED) is 0.559. The molecule has 2 amide bonds. The highest BCUT2D eigenvalue weighted by Crippen LogP contribution is 2.34. The SMILES string of the molecule is C=CC(=O)Nc1cc(Cl)cc(NC(=O)c2cnn(-c3ccccc3)c2C(F)(F)F)c1. The van der Waals surface area contributed by atoms with Crippen LogP contribution < -0.4 is 10.6 Å². The number of halogens is 4. The Hall–Kier alpha value is -3.59. The van der Waals surface area contributed by atoms with Gasteiger partial charge in [-0.1, -0.05) is 36.4 Å². The van der Waals surface area contributed by atoms with E-state index < -0.39 is 29.2 Å². The lowest BCUT2D eigenvalue weighted by molar-refractivity contribution is -0.143. The molecule has 0 saturated carbocycles. The molecule has 1 heterocycles. The van der Waals surface area contributed by atoms with E-state index in [2.05, 4.69) is 22.3 Å². The van der Waals surface area contributed by atoms with E-state index in [9.17, 15) is 22.8 Å². The predicted molar refractivity (Wildman–Crippen MR) is 107 cm³/mol. The van der Waals surface area contributed by atoms with Crippen molar-refractivity contribution in [2.24, 2.45) is 0 Å². The van der Waals surface area contributed by atoms with Gasteiger partial charge >= 0.3 is 6.18 Å². The number of hydrogen-bond donors (Lipinski definition) is 2. The fourth-order valence-corrected chi connectivity index (χ4v) is 2.91. The van der Waals surface area contributed by atoms with Crippen LogP contribution in [0.15, 0.2) is 67.4 Å². The van der Waals surface area contributed by atoms with Crippen molar-refractivity contribution < 1.29 is 22.8 Å². The van der Waals surface area contributed by atoms with Crippen LogP contribution in [-0.2, 0) is 11.0 Å². The van der Waals surface area contributed by atoms with Gasteiger partial charge in [-0.25, -0.2) is 4.68 Å². The highest BCUT2D eigenvalue weighted by atomic mass is 35.5. The number of rotatable bonds is 5. The highest BCUT2D eigenvalue weighted by Gasteiger charge is 2.40. The van der Waals surface area contributed by atoms with Crippen LogP contribution in [0.3, 0.4) is 0 Å². The van der Waals surface area contributed by atoms with Gasteiger partial charge in [0.05, 0.1) is 17.4 Å². The van der Waals surface area contributed by atoms with Gasteiger partial charge in [-0.3, -0.25) is 9.59 Å². The number of aromatic nitrogens is 2. The molecule has 0 saturated heterocycles. The molecule has 0 aliphatic heterocycles. The Morgan fingerprint density at radius 2 is 1.70 bits per heavy atom. The van der Waals surface area contributed by atoms with Crippen LogP contribution in [0, 0.1) is 0 Å². The van der Waals surface area contributed by atoms with Crippen molar-refractivity contribution in [1.29, 1.82) is 0 Å². The minimum absolute atomic E-state index is 0.0902. The maximum Gasteiger partial charge on any atom is 0.434 e. The smallest absolute Gasteiger partial charge is 0.322 e. The van der Waals surface area contributed by atoms with Gasteiger partial charge in [0.15, 0.2) is 5.69 Å². The molecule has 6 nitrogen and oxygen atoms in total. The summed E-state index contributed by atoms with van der Waals surface area (Å²) < 4.78 is 41.8. The summed E-state index contributed by atoms with van der Waals surface area (Å²) in [5.74, 6) is -1.55. The van der Waals surface area contributed by atoms with Crippen LogP contribution in [0.5, 0.6) is 0 Å². The summed E-state index contributed by atoms with van der Waals surface area (Å²) in [6.45, 7) is 3.32. The molecule has 10 heteroatoms. The molecule has 30 heavy (non-hydrogen) atoms. The minimum atomic E-state index is -4.84. The third kappa shape index (κ3) is 4.69. The summed E-state index contributed by atoms with van der Waals surface area (Å²) in [6.07, 6.45) is -2.96. The first kappa shape index (κ1) is 21.1. The van der Waals surface area contributed by atoms with E-state index in [1.807, 2.05) is 0 Å². The van der Waals surface area contributed by atoms with Gasteiger partial charge in [0.2, 0.25) is 5.91 Å². The second kappa shape index (κ2) is 8.42. The Kier molecular flexibility index (Phi) is 5.93. The second-order valence-electron chi connectivity index (χ2n) is 6.03. The lowest BCUT2D eigenvalue weighted by atomic mass is 10.2. The zero-order valence-corrected chi connectivity index (χ0v) is 16.0. The third-order valence-corrected chi connectivity index (χ3v) is 4.11. The highest BCUT2D eigenvalue weighted by molar-refractivity contribution is 6.31. The van der Waals surface area contributed by atoms with Gasteiger partial charge in [-0.05, 0) is 36.4 Å². The Morgan fingerprint density at radius 1 is 1.07 bits per heavy atom. The van der Waals surface area contributed by atoms with Gasteiger partial charge in [0.1, 0.15) is 0 Å². The van der Waals surface area contributed by atoms with E-state index in [-0.39, 0.29) is 22.1 Å². The average molecular weight is 435 g/mol. The first-order chi connectivity index (χ1) is 14.2. The molecule has 0 unspecified atom stereocenters. The van der Waals surface area contributed by atoms with Gasteiger partial charge in [0.25, 0.3) is 5.91 Å². The van der Waals surface area contributed by atoms with Crippen molar-refractivity contribution >= 4 is 34.8 Å². The fraction of sp³-hybridized carbons (Fsp3) is 0.0500. The monoisotopic (exact) mass is 434 g/mol. The van der Waals surface area contributed by atoms with Crippen LogP contribution in [-0.4, -0.2) is 21.6 Å². The van der Waals surface area contributed by atoms with Gasteiger partial charge in [-0.15, -0.1) is 0 Å². The zero-order chi connectivity index (χ0) is 21.9. The number of carbonyl (C=O) groups excluding carboxylic acids is 2. The maximum atomic E-state index is 13.7. The number of alkyl halides is 3. The van der Waals surface area contributed by atoms with Gasteiger partial charge in [0, 0.05) is 16.4 Å². The molecule has 3 rings (SSSR count). The Morgan fingerprint density at radius 3 is 2.30 bits per heavy atom. The van der Waals surface area contributed by atoms with Crippen LogP contribution in [0.25, 0.3) is 5.69 Å². The van der Waals surface area contributed by atoms with Crippen molar-refractivity contribution in [3.05, 3.63) is 83.7 Å². The first-order valence-electron chi connectivity index (χ1n) is 8.45. The Balaban J connectivity index is 1.96. The average Bonchev–Trinajstić information content (AvgIpc) is 3.14. The summed E-state index contributed by atoms with van der Waals surface area (Å²) in [5.41, 5.74) is -1.40. The molecule has 2 N–H and O–H groups in total. The van der Waals surface area contributed by atoms with Crippen molar-refractivity contribution in [2.75, 3.05) is 10.6 Å². The summed E-state index contributed by atoms with van der Waals surface area (Å²) in [5, 5.41) is 8.71. The van der Waals surface area contributed by atoms with Crippen molar-refractivity contribution in [2.45, 2.75) is 6.18 Å². The molecule has 1 aromatic heterocycles. The summed E-state index contributed by atoms with van der Waals surface area (Å²) in [6, 6.07) is 11.7. The van der Waals surface area contributed by atoms with Crippen molar-refractivity contribution in [3.8, 4) is 5.69 Å². The molecule has 0 aliphatic rings. The van der Waals surface area contributed by atoms with Crippen LogP contribution >= 0.6 is 11.6 Å². The molecule has 0 bridgehead atoms. The lowest BCUT2D eigenvalue weighted by Gasteiger charge is -2.13. The number of benzene rings is 2. The fourth-order valence-electron chi connectivity index (χ4n) is 2.68. The molecular weight excluding hydrogens is 421 g/mol. The van der Waals surface area contributed by atoms with Crippen molar-refractivity contribution in [3.63, 3.8) is 0 Å². The lowest BCUT2D eigenvalue weighted by Crippen LogP contribution is -2.20. The molecule has 2 aromatic carbocycles. The largest absolute Gasteiger partial charge is 0.434 e. The molecule has 0 spiro atoms. The zero-order valence-electron chi connectivity index (χ0n) is 15.2. The standard InChI is InChI=1S/C20H14ClF3N4O2/c1-2-17(29)26-13-8-12(21)9-14(10-13)27-19(30)16-11-25-28(18(16)20(22,23)24)15-6-4-3-5-7-15/h2-11H,1H2,(H,26,29)(H,27,30). The minimum Gasteiger partial charge on any atom is -0.322 e. The maximum absolute atomic E-state index is 13.7. The summed E-state index contributed by atoms with van der Waals surface area (Å²) in [7, 11) is 0. The first-order valence-corrected chi connectivity index (χ1v) is 8.83. The Bertz CT molecular complexity index is 1110. The number of nitrogens with one attached hydrogen (secondary N) is 2. The van der Waals surface area contributed by atoms with Crippen LogP contribution in [0.4, 0.5) is 24.5 Å². The summed E-state index contributed by atoms with van der Waals surface area (Å²) in [4.78, 5) is 24.1. The van der Waals surface area contributed by atoms with Crippen molar-refractivity contribution in [1.82, 2.24) is 9.78 Å². The Labute approximate surface area is 174 Å². The molecule has 3 aromatic rings. The van der Waals surface area contributed by atoms with E-state index in [4.69, 9.17) is 11.6 Å². The number of nitrogens with zero attached hydrogens (tertiary/aromatic N) is 2. The van der Waals surface area contributed by atoms with Gasteiger partial charge in [-0.2, -0.15) is 18.3 Å². The molecule has 0 fully saturated rings. The van der Waals surface area contributed by atoms with E-state index >= 15 is 0 Å². The molecule has 0 aliphatic carbocycles.